The number of Topliss-reactive ketones (excluding diaryl/α,β-unsaturated/α-hetero) is 1. The molecule has 2 bridgehead atoms. The topological polar surface area (TPSA) is 53.5 Å². The zero-order valence-electron chi connectivity index (χ0n) is 12.5. The number of hydrogen-bond acceptors (Lipinski definition) is 5. The number of carbonyl (C=O) groups is 2. The second kappa shape index (κ2) is 5.85. The van der Waals surface area contributed by atoms with Gasteiger partial charge in [0.05, 0.1) is 6.20 Å². The average molecular weight is 307 g/mol. The van der Waals surface area contributed by atoms with E-state index >= 15 is 0 Å². The summed E-state index contributed by atoms with van der Waals surface area (Å²) < 4.78 is 0. The molecular weight excluding hydrogens is 286 g/mol. The fraction of sp³-hybridized carbons (Fsp3) is 0.667. The predicted octanol–water partition coefficient (Wildman–Crippen LogP) is 1.90. The maximum atomic E-state index is 12.7. The lowest BCUT2D eigenvalue weighted by Gasteiger charge is -2.29. The minimum absolute atomic E-state index is 0.0344. The SMILES string of the molecule is CC(=O)c1ncc(C(=O)N2C[C@H]3CCC[C@@H](C2)N(C)C3)s1. The Hall–Kier alpha value is -1.27. The van der Waals surface area contributed by atoms with Crippen molar-refractivity contribution in [2.45, 2.75) is 32.2 Å². The predicted molar refractivity (Wildman–Crippen MR) is 81.8 cm³/mol. The van der Waals surface area contributed by atoms with E-state index in [1.54, 1.807) is 6.20 Å². The Morgan fingerprint density at radius 3 is 2.81 bits per heavy atom. The molecule has 3 rings (SSSR count). The first kappa shape index (κ1) is 14.7. The molecule has 1 aromatic heterocycles. The van der Waals surface area contributed by atoms with Crippen molar-refractivity contribution >= 4 is 23.0 Å². The smallest absolute Gasteiger partial charge is 0.265 e. The van der Waals surface area contributed by atoms with Crippen LogP contribution >= 0.6 is 11.3 Å². The van der Waals surface area contributed by atoms with E-state index in [0.717, 1.165) is 26.1 Å². The maximum absolute atomic E-state index is 12.7. The van der Waals surface area contributed by atoms with Gasteiger partial charge >= 0.3 is 0 Å². The molecule has 0 unspecified atom stereocenters. The van der Waals surface area contributed by atoms with Gasteiger partial charge in [0.15, 0.2) is 10.8 Å². The van der Waals surface area contributed by atoms with Crippen molar-refractivity contribution in [2.24, 2.45) is 5.92 Å². The lowest BCUT2D eigenvalue weighted by molar-refractivity contribution is 0.0715. The molecule has 6 heteroatoms. The highest BCUT2D eigenvalue weighted by Gasteiger charge is 2.33. The Morgan fingerprint density at radius 2 is 2.10 bits per heavy atom. The third-order valence-corrected chi connectivity index (χ3v) is 5.62. The van der Waals surface area contributed by atoms with Crippen LogP contribution in [0.2, 0.25) is 0 Å². The van der Waals surface area contributed by atoms with Gasteiger partial charge in [-0.15, -0.1) is 11.3 Å². The van der Waals surface area contributed by atoms with E-state index in [1.807, 2.05) is 4.90 Å². The summed E-state index contributed by atoms with van der Waals surface area (Å²) in [4.78, 5) is 33.0. The highest BCUT2D eigenvalue weighted by atomic mass is 32.1. The molecule has 2 atom stereocenters. The molecule has 2 saturated heterocycles. The summed E-state index contributed by atoms with van der Waals surface area (Å²) in [5.41, 5.74) is 0. The number of hydrogen-bond donors (Lipinski definition) is 0. The quantitative estimate of drug-likeness (QED) is 0.783. The van der Waals surface area contributed by atoms with E-state index in [-0.39, 0.29) is 11.7 Å². The van der Waals surface area contributed by atoms with Crippen LogP contribution in [0.3, 0.4) is 0 Å². The largest absolute Gasteiger partial charge is 0.336 e. The fourth-order valence-electron chi connectivity index (χ4n) is 3.39. The van der Waals surface area contributed by atoms with Crippen LogP contribution in [-0.2, 0) is 0 Å². The second-order valence-electron chi connectivity index (χ2n) is 6.19. The number of thiazole rings is 1. The summed E-state index contributed by atoms with van der Waals surface area (Å²) >= 11 is 1.21. The molecule has 0 N–H and O–H groups in total. The molecule has 2 aliphatic heterocycles. The molecule has 0 spiro atoms. The Kier molecular flexibility index (Phi) is 4.08. The van der Waals surface area contributed by atoms with Gasteiger partial charge in [-0.3, -0.25) is 9.59 Å². The van der Waals surface area contributed by atoms with Crippen LogP contribution in [0.5, 0.6) is 0 Å². The lowest BCUT2D eigenvalue weighted by atomic mass is 10.00. The number of likely N-dealkylation sites (N-methyl/N-ethyl adjacent to an activating group) is 1. The van der Waals surface area contributed by atoms with Gasteiger partial charge in [0, 0.05) is 32.6 Å². The van der Waals surface area contributed by atoms with Crippen molar-refractivity contribution in [3.8, 4) is 0 Å². The van der Waals surface area contributed by atoms with Crippen molar-refractivity contribution in [3.63, 3.8) is 0 Å². The molecule has 114 valence electrons. The molecule has 2 aliphatic rings. The standard InChI is InChI=1S/C15H21N3O2S/c1-10(19)14-16-6-13(21-14)15(20)18-8-11-4-3-5-12(9-18)17(2)7-11/h6,11-12H,3-5,7-9H2,1-2H3/t11-,12-/m0/s1. The van der Waals surface area contributed by atoms with Crippen molar-refractivity contribution in [1.29, 1.82) is 0 Å². The highest BCUT2D eigenvalue weighted by Crippen LogP contribution is 2.27. The van der Waals surface area contributed by atoms with Crippen LogP contribution in [-0.4, -0.2) is 59.2 Å². The number of nitrogens with zero attached hydrogens (tertiary/aromatic N) is 3. The molecule has 0 aliphatic carbocycles. The van der Waals surface area contributed by atoms with Gasteiger partial charge in [-0.2, -0.15) is 0 Å². The summed E-state index contributed by atoms with van der Waals surface area (Å²) in [5.74, 6) is 0.519. The van der Waals surface area contributed by atoms with Crippen LogP contribution in [0.1, 0.15) is 45.7 Å². The Balaban J connectivity index is 1.79. The van der Waals surface area contributed by atoms with Crippen molar-refractivity contribution in [2.75, 3.05) is 26.7 Å². The number of likely N-dealkylation sites (tertiary alicyclic amines) is 1. The summed E-state index contributed by atoms with van der Waals surface area (Å²) in [6.45, 7) is 4.18. The van der Waals surface area contributed by atoms with E-state index in [0.29, 0.717) is 21.8 Å². The van der Waals surface area contributed by atoms with E-state index in [2.05, 4.69) is 16.9 Å². The number of fused-ring (bicyclic) bond motifs is 3. The molecule has 1 aromatic rings. The molecule has 0 aromatic carbocycles. The van der Waals surface area contributed by atoms with Crippen LogP contribution in [0.15, 0.2) is 6.20 Å². The van der Waals surface area contributed by atoms with Crippen molar-refractivity contribution < 1.29 is 9.59 Å². The first-order valence-corrected chi connectivity index (χ1v) is 8.32. The van der Waals surface area contributed by atoms with Crippen LogP contribution < -0.4 is 0 Å². The summed E-state index contributed by atoms with van der Waals surface area (Å²) in [7, 11) is 2.16. The normalized spacial score (nSPS) is 26.5. The van der Waals surface area contributed by atoms with E-state index in [1.165, 1.54) is 31.1 Å². The van der Waals surface area contributed by atoms with Gasteiger partial charge in [-0.1, -0.05) is 6.42 Å². The third kappa shape index (κ3) is 3.01. The van der Waals surface area contributed by atoms with E-state index < -0.39 is 0 Å². The molecule has 5 nitrogen and oxygen atoms in total. The van der Waals surface area contributed by atoms with Crippen LogP contribution in [0.4, 0.5) is 0 Å². The monoisotopic (exact) mass is 307 g/mol. The van der Waals surface area contributed by atoms with Gasteiger partial charge in [-0.25, -0.2) is 4.98 Å². The van der Waals surface area contributed by atoms with Crippen LogP contribution in [0.25, 0.3) is 0 Å². The van der Waals surface area contributed by atoms with Gasteiger partial charge in [0.25, 0.3) is 5.91 Å². The minimum Gasteiger partial charge on any atom is -0.336 e. The average Bonchev–Trinajstić information content (AvgIpc) is 2.78. The molecular formula is C15H21N3O2S. The summed E-state index contributed by atoms with van der Waals surface area (Å²) in [5, 5.41) is 0.422. The van der Waals surface area contributed by atoms with Gasteiger partial charge in [-0.05, 0) is 25.8 Å². The Morgan fingerprint density at radius 1 is 1.29 bits per heavy atom. The maximum Gasteiger partial charge on any atom is 0.265 e. The number of amides is 1. The molecule has 1 amide bonds. The summed E-state index contributed by atoms with van der Waals surface area (Å²) in [6.07, 6.45) is 5.18. The van der Waals surface area contributed by atoms with Crippen molar-refractivity contribution in [3.05, 3.63) is 16.1 Å². The van der Waals surface area contributed by atoms with E-state index in [9.17, 15) is 9.59 Å². The molecule has 0 radical (unpaired) electrons. The highest BCUT2D eigenvalue weighted by molar-refractivity contribution is 7.15. The number of aromatic nitrogens is 1. The Labute approximate surface area is 129 Å². The second-order valence-corrected chi connectivity index (χ2v) is 7.22. The zero-order valence-corrected chi connectivity index (χ0v) is 13.4. The lowest BCUT2D eigenvalue weighted by Crippen LogP contribution is -2.41. The molecule has 21 heavy (non-hydrogen) atoms. The number of rotatable bonds is 2. The number of carbonyl (C=O) groups excluding carboxylic acids is 2. The third-order valence-electron chi connectivity index (χ3n) is 4.53. The first-order valence-electron chi connectivity index (χ1n) is 7.51. The molecule has 0 saturated carbocycles. The zero-order chi connectivity index (χ0) is 15.0. The number of ketones is 1. The fourth-order valence-corrected chi connectivity index (χ4v) is 4.17. The van der Waals surface area contributed by atoms with Gasteiger partial charge < -0.3 is 9.80 Å². The Bertz CT molecular complexity index is 557. The summed E-state index contributed by atoms with van der Waals surface area (Å²) in [6, 6.07) is 0.460. The van der Waals surface area contributed by atoms with E-state index in [4.69, 9.17) is 0 Å². The van der Waals surface area contributed by atoms with Crippen molar-refractivity contribution in [1.82, 2.24) is 14.8 Å². The molecule has 3 heterocycles. The minimum atomic E-state index is -0.0773. The molecule has 2 fully saturated rings. The van der Waals surface area contributed by atoms with Gasteiger partial charge in [0.2, 0.25) is 0 Å². The first-order chi connectivity index (χ1) is 10.0. The van der Waals surface area contributed by atoms with Gasteiger partial charge in [0.1, 0.15) is 4.88 Å². The van der Waals surface area contributed by atoms with Crippen LogP contribution in [0, 0.1) is 5.92 Å².